The zero-order valence-electron chi connectivity index (χ0n) is 16.2. The smallest absolute Gasteiger partial charge is 0.171 e. The topological polar surface area (TPSA) is 46.2 Å². The van der Waals surface area contributed by atoms with Crippen LogP contribution < -0.4 is 15.4 Å². The number of nitrogens with zero attached hydrogens (tertiary/aromatic N) is 1. The highest BCUT2D eigenvalue weighted by molar-refractivity contribution is 7.80. The summed E-state index contributed by atoms with van der Waals surface area (Å²) in [5.41, 5.74) is 5.55. The van der Waals surface area contributed by atoms with Gasteiger partial charge in [0, 0.05) is 17.3 Å². The number of hydrogen-bond acceptors (Lipinski definition) is 3. The van der Waals surface area contributed by atoms with Gasteiger partial charge in [0.2, 0.25) is 0 Å². The van der Waals surface area contributed by atoms with Gasteiger partial charge in [-0.15, -0.1) is 0 Å². The van der Waals surface area contributed by atoms with E-state index in [1.54, 1.807) is 13.3 Å². The highest BCUT2D eigenvalue weighted by Crippen LogP contribution is 2.30. The Bertz CT molecular complexity index is 971. The van der Waals surface area contributed by atoms with Gasteiger partial charge in [-0.3, -0.25) is 4.98 Å². The Morgan fingerprint density at radius 2 is 1.96 bits per heavy atom. The molecule has 3 aromatic rings. The molecule has 0 aliphatic heterocycles. The zero-order valence-corrected chi connectivity index (χ0v) is 17.0. The Morgan fingerprint density at radius 1 is 1.15 bits per heavy atom. The maximum Gasteiger partial charge on any atom is 0.171 e. The van der Waals surface area contributed by atoms with Gasteiger partial charge in [-0.1, -0.05) is 25.1 Å². The molecule has 4 nitrogen and oxygen atoms in total. The van der Waals surface area contributed by atoms with Crippen molar-refractivity contribution in [1.82, 2.24) is 10.3 Å². The summed E-state index contributed by atoms with van der Waals surface area (Å²) in [5.74, 6) is 0.747. The Balaban J connectivity index is 1.81. The molecule has 0 fully saturated rings. The number of ether oxygens (including phenoxy) is 1. The van der Waals surface area contributed by atoms with E-state index in [4.69, 9.17) is 17.0 Å². The number of hydrogen-bond donors (Lipinski definition) is 2. The number of benzene rings is 2. The molecule has 27 heavy (non-hydrogen) atoms. The normalized spacial score (nSPS) is 11.9. The van der Waals surface area contributed by atoms with Crippen LogP contribution in [0.25, 0.3) is 10.9 Å². The molecule has 0 saturated carbocycles. The van der Waals surface area contributed by atoms with Crippen molar-refractivity contribution in [2.75, 3.05) is 12.4 Å². The van der Waals surface area contributed by atoms with Crippen LogP contribution in [0, 0.1) is 13.8 Å². The summed E-state index contributed by atoms with van der Waals surface area (Å²) in [5, 5.41) is 8.33. The van der Waals surface area contributed by atoms with Gasteiger partial charge in [0.05, 0.1) is 13.2 Å². The quantitative estimate of drug-likeness (QED) is 0.589. The number of aryl methyl sites for hydroxylation is 2. The molecule has 0 aliphatic rings. The van der Waals surface area contributed by atoms with Crippen LogP contribution in [0.1, 0.15) is 36.1 Å². The molecule has 5 heteroatoms. The second-order valence-corrected chi connectivity index (χ2v) is 7.03. The fourth-order valence-corrected chi connectivity index (χ4v) is 3.39. The van der Waals surface area contributed by atoms with Crippen LogP contribution in [0.4, 0.5) is 5.69 Å². The molecule has 0 saturated heterocycles. The van der Waals surface area contributed by atoms with Gasteiger partial charge in [-0.2, -0.15) is 0 Å². The number of methoxy groups -OCH3 is 1. The largest absolute Gasteiger partial charge is 0.494 e. The van der Waals surface area contributed by atoms with Crippen LogP contribution in [-0.2, 0) is 0 Å². The van der Waals surface area contributed by atoms with Crippen LogP contribution in [0.5, 0.6) is 5.75 Å². The summed E-state index contributed by atoms with van der Waals surface area (Å²) in [7, 11) is 1.65. The van der Waals surface area contributed by atoms with Crippen molar-refractivity contribution in [3.8, 4) is 5.75 Å². The molecule has 2 aromatic carbocycles. The predicted octanol–water partition coefficient (Wildman–Crippen LogP) is 5.30. The number of fused-ring (bicyclic) bond motifs is 1. The molecule has 2 N–H and O–H groups in total. The molecule has 0 amide bonds. The molecular weight excluding hydrogens is 354 g/mol. The molecule has 3 rings (SSSR count). The first-order chi connectivity index (χ1) is 13.0. The summed E-state index contributed by atoms with van der Waals surface area (Å²) >= 11 is 5.59. The molecular formula is C22H25N3OS. The lowest BCUT2D eigenvalue weighted by Gasteiger charge is -2.21. The third kappa shape index (κ3) is 4.19. The van der Waals surface area contributed by atoms with Crippen LogP contribution >= 0.6 is 12.2 Å². The van der Waals surface area contributed by atoms with Gasteiger partial charge in [0.15, 0.2) is 5.11 Å². The fraction of sp³-hybridized carbons (Fsp3) is 0.273. The van der Waals surface area contributed by atoms with Crippen molar-refractivity contribution in [1.29, 1.82) is 0 Å². The lowest BCUT2D eigenvalue weighted by atomic mass is 9.99. The molecule has 1 heterocycles. The summed E-state index contributed by atoms with van der Waals surface area (Å²) in [4.78, 5) is 4.43. The average Bonchev–Trinajstić information content (AvgIpc) is 2.68. The summed E-state index contributed by atoms with van der Waals surface area (Å²) in [6.45, 7) is 6.42. The summed E-state index contributed by atoms with van der Waals surface area (Å²) in [6.07, 6.45) is 2.70. The zero-order chi connectivity index (χ0) is 19.4. The maximum atomic E-state index is 5.59. The van der Waals surface area contributed by atoms with Crippen LogP contribution in [0.3, 0.4) is 0 Å². The van der Waals surface area contributed by atoms with E-state index in [1.807, 2.05) is 24.3 Å². The second-order valence-electron chi connectivity index (χ2n) is 6.62. The molecule has 0 radical (unpaired) electrons. The van der Waals surface area contributed by atoms with E-state index < -0.39 is 0 Å². The van der Waals surface area contributed by atoms with Crippen molar-refractivity contribution in [3.63, 3.8) is 0 Å². The monoisotopic (exact) mass is 379 g/mol. The van der Waals surface area contributed by atoms with Gasteiger partial charge in [-0.25, -0.2) is 0 Å². The summed E-state index contributed by atoms with van der Waals surface area (Å²) < 4.78 is 5.41. The van der Waals surface area contributed by atoms with Crippen molar-refractivity contribution in [3.05, 3.63) is 65.4 Å². The van der Waals surface area contributed by atoms with Crippen LogP contribution in [0.15, 0.2) is 48.7 Å². The first-order valence-electron chi connectivity index (χ1n) is 9.10. The predicted molar refractivity (Wildman–Crippen MR) is 117 cm³/mol. The second kappa shape index (κ2) is 8.35. The molecule has 1 atom stereocenters. The average molecular weight is 380 g/mol. The third-order valence-electron chi connectivity index (χ3n) is 4.85. The van der Waals surface area contributed by atoms with Crippen molar-refractivity contribution < 1.29 is 4.74 Å². The van der Waals surface area contributed by atoms with E-state index in [1.165, 1.54) is 16.7 Å². The number of nitrogens with one attached hydrogen (secondary N) is 2. The first kappa shape index (κ1) is 19.1. The van der Waals surface area contributed by atoms with Gasteiger partial charge in [-0.05, 0) is 73.4 Å². The molecule has 0 spiro atoms. The Labute approximate surface area is 166 Å². The number of rotatable bonds is 5. The van der Waals surface area contributed by atoms with Crippen LogP contribution in [0.2, 0.25) is 0 Å². The SMILES string of the molecule is CC[C@H](NC(=S)Nc1ccc(OC)c2ncccc12)c1ccc(C)c(C)c1. The highest BCUT2D eigenvalue weighted by Gasteiger charge is 2.13. The van der Waals surface area contributed by atoms with Crippen molar-refractivity contribution in [2.45, 2.75) is 33.2 Å². The molecule has 0 bridgehead atoms. The Hall–Kier alpha value is -2.66. The van der Waals surface area contributed by atoms with E-state index in [2.05, 4.69) is 54.6 Å². The Kier molecular flexibility index (Phi) is 5.91. The summed E-state index contributed by atoms with van der Waals surface area (Å²) in [6, 6.07) is 14.5. The molecule has 0 unspecified atom stereocenters. The number of thiocarbonyl (C=S) groups is 1. The fourth-order valence-electron chi connectivity index (χ4n) is 3.14. The van der Waals surface area contributed by atoms with E-state index in [9.17, 15) is 0 Å². The van der Waals surface area contributed by atoms with Gasteiger partial charge in [0.1, 0.15) is 11.3 Å². The number of aromatic nitrogens is 1. The minimum atomic E-state index is 0.159. The van der Waals surface area contributed by atoms with E-state index in [0.717, 1.165) is 28.8 Å². The van der Waals surface area contributed by atoms with Crippen LogP contribution in [-0.4, -0.2) is 17.2 Å². The van der Waals surface area contributed by atoms with Gasteiger partial charge >= 0.3 is 0 Å². The van der Waals surface area contributed by atoms with Gasteiger partial charge < -0.3 is 15.4 Å². The standard InChI is InChI=1S/C22H25N3OS/c1-5-18(16-9-8-14(2)15(3)13-16)24-22(27)25-19-10-11-20(26-4)21-17(19)7-6-12-23-21/h6-13,18H,5H2,1-4H3,(H2,24,25,27)/t18-/m0/s1. The third-order valence-corrected chi connectivity index (χ3v) is 5.07. The lowest BCUT2D eigenvalue weighted by Crippen LogP contribution is -2.32. The molecule has 0 aliphatic carbocycles. The number of anilines is 1. The maximum absolute atomic E-state index is 5.59. The Morgan fingerprint density at radius 3 is 2.67 bits per heavy atom. The van der Waals surface area contributed by atoms with E-state index >= 15 is 0 Å². The van der Waals surface area contributed by atoms with E-state index in [-0.39, 0.29) is 6.04 Å². The van der Waals surface area contributed by atoms with Crippen molar-refractivity contribution >= 4 is 33.9 Å². The minimum absolute atomic E-state index is 0.159. The van der Waals surface area contributed by atoms with Gasteiger partial charge in [0.25, 0.3) is 0 Å². The van der Waals surface area contributed by atoms with Crippen molar-refractivity contribution in [2.24, 2.45) is 0 Å². The molecule has 1 aromatic heterocycles. The minimum Gasteiger partial charge on any atom is -0.494 e. The number of pyridine rings is 1. The highest BCUT2D eigenvalue weighted by atomic mass is 32.1. The lowest BCUT2D eigenvalue weighted by molar-refractivity contribution is 0.419. The van der Waals surface area contributed by atoms with E-state index in [0.29, 0.717) is 5.11 Å². The first-order valence-corrected chi connectivity index (χ1v) is 9.50. The molecule has 140 valence electrons.